The van der Waals surface area contributed by atoms with Gasteiger partial charge in [-0.05, 0) is 106 Å². The molecule has 0 radical (unpaired) electrons. The van der Waals surface area contributed by atoms with E-state index in [9.17, 15) is 19.8 Å². The number of carbonyl (C=O) groups is 2. The zero-order valence-corrected chi connectivity index (χ0v) is 31.7. The van der Waals surface area contributed by atoms with E-state index < -0.39 is 35.7 Å². The second-order valence-corrected chi connectivity index (χ2v) is 15.0. The lowest BCUT2D eigenvalue weighted by Crippen LogP contribution is -2.43. The minimum absolute atomic E-state index is 0.0893. The van der Waals surface area contributed by atoms with Crippen LogP contribution >= 0.6 is 31.9 Å². The molecule has 2 heterocycles. The van der Waals surface area contributed by atoms with E-state index in [1.165, 1.54) is 12.1 Å². The number of carboxylic acids is 2. The van der Waals surface area contributed by atoms with Gasteiger partial charge in [0.15, 0.2) is 0 Å². The summed E-state index contributed by atoms with van der Waals surface area (Å²) in [4.78, 5) is 27.4. The highest BCUT2D eigenvalue weighted by Gasteiger charge is 2.29. The smallest absolute Gasteiger partial charge is 0.320 e. The first-order chi connectivity index (χ1) is 25.1. The van der Waals surface area contributed by atoms with Crippen molar-refractivity contribution in [1.82, 2.24) is 9.80 Å². The van der Waals surface area contributed by atoms with Crippen molar-refractivity contribution < 1.29 is 38.1 Å². The van der Waals surface area contributed by atoms with Crippen LogP contribution in [0.3, 0.4) is 0 Å². The number of benzene rings is 4. The molecule has 0 amide bonds. The maximum atomic E-state index is 15.9. The molecule has 2 saturated heterocycles. The van der Waals surface area contributed by atoms with Crippen LogP contribution in [0.1, 0.15) is 60.8 Å². The summed E-state index contributed by atoms with van der Waals surface area (Å²) >= 11 is 7.09. The average molecular weight is 843 g/mol. The standard InChI is InChI=1S/C40H40Br2F2N2O6/c41-31-19-25(21-45-17-3-1-11-33(45)39(47)48)13-15-35(31)51-23-27-7-5-9-29(37(27)43)30-10-6-8-28(38(30)44)24-52-36-16-14-26(20-32(36)42)22-46-18-4-2-12-34(46)40(49)50/h5-10,13-16,19-20,33-34H,1-4,11-12,17-18,21-24H2,(H,47,48)(H,49,50)/t33-,34-/m0/s1. The molecule has 6 rings (SSSR count). The van der Waals surface area contributed by atoms with Gasteiger partial charge in [0.25, 0.3) is 0 Å². The lowest BCUT2D eigenvalue weighted by molar-refractivity contribution is -0.145. The van der Waals surface area contributed by atoms with Gasteiger partial charge in [-0.2, -0.15) is 0 Å². The number of aliphatic carboxylic acids is 2. The molecule has 2 N–H and O–H groups in total. The molecule has 12 heteroatoms. The second-order valence-electron chi connectivity index (χ2n) is 13.3. The lowest BCUT2D eigenvalue weighted by Gasteiger charge is -2.32. The molecule has 2 aliphatic heterocycles. The van der Waals surface area contributed by atoms with Crippen molar-refractivity contribution in [2.24, 2.45) is 0 Å². The Hall–Kier alpha value is -3.84. The number of ether oxygens (including phenoxy) is 2. The Morgan fingerprint density at radius 1 is 0.654 bits per heavy atom. The van der Waals surface area contributed by atoms with Gasteiger partial charge in [0.2, 0.25) is 0 Å². The summed E-state index contributed by atoms with van der Waals surface area (Å²) in [5, 5.41) is 19.2. The fraction of sp³-hybridized carbons (Fsp3) is 0.350. The molecule has 8 nitrogen and oxygen atoms in total. The van der Waals surface area contributed by atoms with Crippen LogP contribution < -0.4 is 9.47 Å². The SMILES string of the molecule is O=C(O)[C@@H]1CCCCN1Cc1ccc(OCc2cccc(-c3cccc(COc4ccc(CN5CCCC[C@H]5C(=O)O)cc4Br)c3F)c2F)c(Br)c1. The van der Waals surface area contributed by atoms with Crippen LogP contribution in [-0.2, 0) is 35.9 Å². The van der Waals surface area contributed by atoms with Gasteiger partial charge in [0, 0.05) is 35.3 Å². The minimum atomic E-state index is -0.805. The molecule has 0 aromatic heterocycles. The van der Waals surface area contributed by atoms with Gasteiger partial charge in [-0.25, -0.2) is 8.78 Å². The van der Waals surface area contributed by atoms with Gasteiger partial charge in [-0.1, -0.05) is 61.4 Å². The molecule has 0 unspecified atom stereocenters. The number of halogens is 4. The van der Waals surface area contributed by atoms with E-state index in [0.29, 0.717) is 46.4 Å². The highest BCUT2D eigenvalue weighted by molar-refractivity contribution is 9.10. The van der Waals surface area contributed by atoms with E-state index in [2.05, 4.69) is 31.9 Å². The maximum absolute atomic E-state index is 15.9. The molecule has 2 atom stereocenters. The van der Waals surface area contributed by atoms with Crippen molar-refractivity contribution in [3.8, 4) is 22.6 Å². The van der Waals surface area contributed by atoms with Crippen LogP contribution in [0.5, 0.6) is 11.5 Å². The zero-order chi connectivity index (χ0) is 36.8. The fourth-order valence-corrected chi connectivity index (χ4v) is 8.10. The van der Waals surface area contributed by atoms with Crippen LogP contribution in [0.4, 0.5) is 8.78 Å². The third-order valence-electron chi connectivity index (χ3n) is 9.78. The third kappa shape index (κ3) is 9.02. The molecule has 2 aliphatic rings. The Labute approximate surface area is 318 Å². The van der Waals surface area contributed by atoms with E-state index in [1.807, 2.05) is 34.1 Å². The van der Waals surface area contributed by atoms with Gasteiger partial charge < -0.3 is 19.7 Å². The van der Waals surface area contributed by atoms with Crippen LogP contribution in [0, 0.1) is 11.6 Å². The van der Waals surface area contributed by atoms with Gasteiger partial charge in [0.05, 0.1) is 8.95 Å². The van der Waals surface area contributed by atoms with Gasteiger partial charge in [0.1, 0.15) is 48.4 Å². The van der Waals surface area contributed by atoms with E-state index in [4.69, 9.17) is 9.47 Å². The summed E-state index contributed by atoms with van der Waals surface area (Å²) in [6.45, 7) is 2.27. The van der Waals surface area contributed by atoms with Crippen molar-refractivity contribution in [3.05, 3.63) is 116 Å². The number of carboxylic acid groups (broad SMARTS) is 2. The van der Waals surface area contributed by atoms with Crippen molar-refractivity contribution in [2.45, 2.75) is 76.9 Å². The Morgan fingerprint density at radius 3 is 1.46 bits per heavy atom. The van der Waals surface area contributed by atoms with E-state index >= 15 is 8.78 Å². The third-order valence-corrected chi connectivity index (χ3v) is 11.0. The average Bonchev–Trinajstić information content (AvgIpc) is 3.12. The van der Waals surface area contributed by atoms with Crippen LogP contribution in [-0.4, -0.2) is 57.1 Å². The zero-order valence-electron chi connectivity index (χ0n) is 28.5. The maximum Gasteiger partial charge on any atom is 0.320 e. The normalized spacial score (nSPS) is 18.2. The predicted molar refractivity (Wildman–Crippen MR) is 200 cm³/mol. The number of nitrogens with zero attached hydrogens (tertiary/aromatic N) is 2. The molecule has 4 aromatic carbocycles. The number of rotatable bonds is 13. The molecule has 0 spiro atoms. The fourth-order valence-electron chi connectivity index (χ4n) is 7.02. The summed E-state index contributed by atoms with van der Waals surface area (Å²) in [6, 6.07) is 19.7. The summed E-state index contributed by atoms with van der Waals surface area (Å²) in [6.07, 6.45) is 5.00. The predicted octanol–water partition coefficient (Wildman–Crippen LogP) is 9.19. The molecule has 0 bridgehead atoms. The van der Waals surface area contributed by atoms with Crippen molar-refractivity contribution >= 4 is 43.8 Å². The quantitative estimate of drug-likeness (QED) is 0.138. The Kier molecular flexibility index (Phi) is 12.6. The van der Waals surface area contributed by atoms with E-state index in [0.717, 1.165) is 49.9 Å². The van der Waals surface area contributed by atoms with Gasteiger partial charge >= 0.3 is 11.9 Å². The molecule has 0 aliphatic carbocycles. The van der Waals surface area contributed by atoms with Crippen LogP contribution in [0.15, 0.2) is 81.7 Å². The summed E-state index contributed by atoms with van der Waals surface area (Å²) in [7, 11) is 0. The molecule has 0 saturated carbocycles. The summed E-state index contributed by atoms with van der Waals surface area (Å²) < 4.78 is 45.1. The first kappa shape index (κ1) is 37.9. The molecular formula is C40H40Br2F2N2O6. The van der Waals surface area contributed by atoms with Gasteiger partial charge in [-0.3, -0.25) is 19.4 Å². The minimum Gasteiger partial charge on any atom is -0.488 e. The van der Waals surface area contributed by atoms with Crippen molar-refractivity contribution in [3.63, 3.8) is 0 Å². The summed E-state index contributed by atoms with van der Waals surface area (Å²) in [5.41, 5.74) is 2.60. The first-order valence-electron chi connectivity index (χ1n) is 17.4. The highest BCUT2D eigenvalue weighted by Crippen LogP contribution is 2.34. The number of piperidine rings is 2. The number of hydrogen-bond acceptors (Lipinski definition) is 6. The van der Waals surface area contributed by atoms with Gasteiger partial charge in [-0.15, -0.1) is 0 Å². The Balaban J connectivity index is 1.09. The second kappa shape index (κ2) is 17.3. The Morgan fingerprint density at radius 2 is 1.08 bits per heavy atom. The van der Waals surface area contributed by atoms with Crippen molar-refractivity contribution in [1.29, 1.82) is 0 Å². The number of hydrogen-bond donors (Lipinski definition) is 2. The van der Waals surface area contributed by atoms with Crippen LogP contribution in [0.25, 0.3) is 11.1 Å². The van der Waals surface area contributed by atoms with Crippen LogP contribution in [0.2, 0.25) is 0 Å². The topological polar surface area (TPSA) is 99.5 Å². The molecule has 52 heavy (non-hydrogen) atoms. The van der Waals surface area contributed by atoms with Crippen molar-refractivity contribution in [2.75, 3.05) is 13.1 Å². The molecular weight excluding hydrogens is 802 g/mol. The van der Waals surface area contributed by atoms with E-state index in [-0.39, 0.29) is 35.5 Å². The molecule has 4 aromatic rings. The Bertz CT molecular complexity index is 1790. The largest absolute Gasteiger partial charge is 0.488 e. The number of likely N-dealkylation sites (tertiary alicyclic amines) is 2. The molecule has 2 fully saturated rings. The summed E-state index contributed by atoms with van der Waals surface area (Å²) in [5.74, 6) is -1.78. The monoisotopic (exact) mass is 840 g/mol. The first-order valence-corrected chi connectivity index (χ1v) is 19.0. The lowest BCUT2D eigenvalue weighted by atomic mass is 9.99. The highest BCUT2D eigenvalue weighted by atomic mass is 79.9. The van der Waals surface area contributed by atoms with E-state index in [1.54, 1.807) is 36.4 Å². The molecule has 274 valence electrons.